The van der Waals surface area contributed by atoms with Crippen LogP contribution in [0.3, 0.4) is 0 Å². The summed E-state index contributed by atoms with van der Waals surface area (Å²) in [7, 11) is 0. The van der Waals surface area contributed by atoms with Gasteiger partial charge in [0.15, 0.2) is 0 Å². The number of carboxylic acid groups (broad SMARTS) is 1. The maximum Gasteiger partial charge on any atom is 0.490 e. The molecule has 2 atom stereocenters. The lowest BCUT2D eigenvalue weighted by Crippen LogP contribution is -2.37. The second-order valence-corrected chi connectivity index (χ2v) is 7.69. The van der Waals surface area contributed by atoms with E-state index >= 15 is 0 Å². The first kappa shape index (κ1) is 22.6. The van der Waals surface area contributed by atoms with Crippen molar-refractivity contribution in [3.8, 4) is 0 Å². The molecule has 2 aliphatic heterocycles. The van der Waals surface area contributed by atoms with Gasteiger partial charge in [-0.1, -0.05) is 6.07 Å². The Balaban J connectivity index is 0.000000339. The van der Waals surface area contributed by atoms with Gasteiger partial charge in [0.25, 0.3) is 0 Å². The highest BCUT2D eigenvalue weighted by atomic mass is 19.4. The van der Waals surface area contributed by atoms with Crippen LogP contribution in [0.25, 0.3) is 0 Å². The highest BCUT2D eigenvalue weighted by Gasteiger charge is 2.38. The van der Waals surface area contributed by atoms with Gasteiger partial charge in [0.1, 0.15) is 5.82 Å². The first-order valence-electron chi connectivity index (χ1n) is 9.76. The van der Waals surface area contributed by atoms with Gasteiger partial charge in [-0.15, -0.1) is 0 Å². The number of primary amides is 1. The van der Waals surface area contributed by atoms with Crippen molar-refractivity contribution in [1.29, 1.82) is 0 Å². The van der Waals surface area contributed by atoms with Gasteiger partial charge in [0, 0.05) is 37.2 Å². The molecule has 1 aromatic heterocycles. The molecule has 31 heavy (non-hydrogen) atoms. The Kier molecular flexibility index (Phi) is 6.54. The van der Waals surface area contributed by atoms with Crippen LogP contribution >= 0.6 is 0 Å². The van der Waals surface area contributed by atoms with Gasteiger partial charge >= 0.3 is 12.1 Å². The SMILES string of the molecule is CC1CC(Nc2ccc3c(c2)CN(CC(N)=O)CC3)c2nccn21.O=C(O)C(F)(F)F. The summed E-state index contributed by atoms with van der Waals surface area (Å²) < 4.78 is 34.0. The molecule has 1 aromatic carbocycles. The molecule has 3 heterocycles. The lowest BCUT2D eigenvalue weighted by molar-refractivity contribution is -0.192. The van der Waals surface area contributed by atoms with Gasteiger partial charge in [-0.25, -0.2) is 9.78 Å². The van der Waals surface area contributed by atoms with Crippen LogP contribution in [0.1, 0.15) is 42.4 Å². The van der Waals surface area contributed by atoms with E-state index in [4.69, 9.17) is 15.6 Å². The number of imidazole rings is 1. The topological polar surface area (TPSA) is 113 Å². The summed E-state index contributed by atoms with van der Waals surface area (Å²) >= 11 is 0. The normalized spacial score (nSPS) is 20.3. The predicted molar refractivity (Wildman–Crippen MR) is 106 cm³/mol. The summed E-state index contributed by atoms with van der Waals surface area (Å²) in [6.07, 6.45) is 0.853. The average Bonchev–Trinajstić information content (AvgIpc) is 3.26. The van der Waals surface area contributed by atoms with E-state index in [1.165, 1.54) is 11.1 Å². The van der Waals surface area contributed by atoms with E-state index in [1.807, 2.05) is 6.20 Å². The number of amides is 1. The van der Waals surface area contributed by atoms with Gasteiger partial charge < -0.3 is 20.7 Å². The number of aliphatic carboxylic acids is 1. The molecule has 2 unspecified atom stereocenters. The molecule has 1 amide bonds. The average molecular weight is 439 g/mol. The Morgan fingerprint density at radius 2 is 2.03 bits per heavy atom. The van der Waals surface area contributed by atoms with Crippen molar-refractivity contribution in [1.82, 2.24) is 14.5 Å². The van der Waals surface area contributed by atoms with Crippen molar-refractivity contribution in [3.63, 3.8) is 0 Å². The van der Waals surface area contributed by atoms with E-state index in [0.717, 1.165) is 37.4 Å². The summed E-state index contributed by atoms with van der Waals surface area (Å²) in [5, 5.41) is 10.8. The van der Waals surface area contributed by atoms with E-state index in [9.17, 15) is 18.0 Å². The van der Waals surface area contributed by atoms with E-state index < -0.39 is 12.1 Å². The number of hydrogen-bond donors (Lipinski definition) is 3. The van der Waals surface area contributed by atoms with E-state index in [-0.39, 0.29) is 11.9 Å². The number of nitrogens with one attached hydrogen (secondary N) is 1. The van der Waals surface area contributed by atoms with Crippen molar-refractivity contribution < 1.29 is 27.9 Å². The fourth-order valence-electron chi connectivity index (χ4n) is 3.91. The van der Waals surface area contributed by atoms with Gasteiger partial charge in [-0.05, 0) is 43.0 Å². The molecule has 2 aliphatic rings. The van der Waals surface area contributed by atoms with E-state index in [1.54, 1.807) is 0 Å². The molecule has 4 N–H and O–H groups in total. The van der Waals surface area contributed by atoms with Crippen LogP contribution in [0.2, 0.25) is 0 Å². The van der Waals surface area contributed by atoms with Crippen molar-refractivity contribution in [3.05, 3.63) is 47.5 Å². The highest BCUT2D eigenvalue weighted by Crippen LogP contribution is 2.35. The molecule has 0 fully saturated rings. The molecule has 168 valence electrons. The first-order valence-corrected chi connectivity index (χ1v) is 9.76. The van der Waals surface area contributed by atoms with Crippen molar-refractivity contribution in [2.75, 3.05) is 18.4 Å². The summed E-state index contributed by atoms with van der Waals surface area (Å²) in [5.41, 5.74) is 9.09. The zero-order chi connectivity index (χ0) is 22.8. The quantitative estimate of drug-likeness (QED) is 0.675. The number of alkyl halides is 3. The molecule has 11 heteroatoms. The molecule has 2 aromatic rings. The molecule has 0 saturated heterocycles. The number of benzene rings is 1. The largest absolute Gasteiger partial charge is 0.490 e. The van der Waals surface area contributed by atoms with Gasteiger partial charge in [-0.3, -0.25) is 9.69 Å². The Morgan fingerprint density at radius 1 is 1.32 bits per heavy atom. The maximum atomic E-state index is 11.2. The van der Waals surface area contributed by atoms with Crippen LogP contribution in [0.4, 0.5) is 18.9 Å². The van der Waals surface area contributed by atoms with Gasteiger partial charge in [0.2, 0.25) is 5.91 Å². The number of fused-ring (bicyclic) bond motifs is 2. The van der Waals surface area contributed by atoms with Crippen molar-refractivity contribution in [2.24, 2.45) is 5.73 Å². The van der Waals surface area contributed by atoms with Crippen LogP contribution in [0.15, 0.2) is 30.6 Å². The number of carbonyl (C=O) groups excluding carboxylic acids is 1. The number of halogens is 3. The molecule has 0 saturated carbocycles. The van der Waals surface area contributed by atoms with E-state index in [2.05, 4.69) is 51.1 Å². The van der Waals surface area contributed by atoms with Crippen molar-refractivity contribution >= 4 is 17.6 Å². The summed E-state index contributed by atoms with van der Waals surface area (Å²) in [4.78, 5) is 26.7. The highest BCUT2D eigenvalue weighted by molar-refractivity contribution is 5.76. The number of hydrogen-bond acceptors (Lipinski definition) is 5. The van der Waals surface area contributed by atoms with Crippen LogP contribution in [-0.2, 0) is 22.6 Å². The number of aromatic nitrogens is 2. The molecular formula is C20H24F3N5O3. The molecular weight excluding hydrogens is 415 g/mol. The van der Waals surface area contributed by atoms with Crippen LogP contribution in [-0.4, -0.2) is 50.7 Å². The fraction of sp³-hybridized carbons (Fsp3) is 0.450. The lowest BCUT2D eigenvalue weighted by Gasteiger charge is -2.28. The molecule has 4 rings (SSSR count). The summed E-state index contributed by atoms with van der Waals surface area (Å²) in [6.45, 7) is 4.22. The molecule has 8 nitrogen and oxygen atoms in total. The van der Waals surface area contributed by atoms with Crippen LogP contribution in [0.5, 0.6) is 0 Å². The number of nitrogens with zero attached hydrogens (tertiary/aromatic N) is 3. The number of nitrogens with two attached hydrogens (primary N) is 1. The first-order chi connectivity index (χ1) is 14.5. The minimum atomic E-state index is -5.08. The summed E-state index contributed by atoms with van der Waals surface area (Å²) in [6, 6.07) is 7.28. The number of carboxylic acids is 1. The monoisotopic (exact) mass is 439 g/mol. The zero-order valence-corrected chi connectivity index (χ0v) is 16.9. The van der Waals surface area contributed by atoms with E-state index in [0.29, 0.717) is 12.6 Å². The second kappa shape index (κ2) is 8.96. The smallest absolute Gasteiger partial charge is 0.475 e. The molecule has 0 bridgehead atoms. The van der Waals surface area contributed by atoms with Gasteiger partial charge in [0.05, 0.1) is 12.6 Å². The van der Waals surface area contributed by atoms with Crippen LogP contribution in [0, 0.1) is 0 Å². The number of carbonyl (C=O) groups is 2. The molecule has 0 radical (unpaired) electrons. The van der Waals surface area contributed by atoms with Crippen molar-refractivity contribution in [2.45, 2.75) is 44.6 Å². The maximum absolute atomic E-state index is 11.2. The minimum absolute atomic E-state index is 0.248. The Morgan fingerprint density at radius 3 is 2.68 bits per heavy atom. The third-order valence-corrected chi connectivity index (χ3v) is 5.32. The van der Waals surface area contributed by atoms with Gasteiger partial charge in [-0.2, -0.15) is 13.2 Å². The third-order valence-electron chi connectivity index (χ3n) is 5.32. The zero-order valence-electron chi connectivity index (χ0n) is 16.9. The summed E-state index contributed by atoms with van der Waals surface area (Å²) in [5.74, 6) is -1.91. The number of anilines is 1. The fourth-order valence-corrected chi connectivity index (χ4v) is 3.91. The predicted octanol–water partition coefficient (Wildman–Crippen LogP) is 2.48. The molecule has 0 spiro atoms. The Labute approximate surface area is 176 Å². The molecule has 0 aliphatic carbocycles. The Bertz CT molecular complexity index is 960. The minimum Gasteiger partial charge on any atom is -0.475 e. The lowest BCUT2D eigenvalue weighted by atomic mass is 9.98. The van der Waals surface area contributed by atoms with Crippen LogP contribution < -0.4 is 11.1 Å². The standard InChI is InChI=1S/C18H23N5O.C2HF3O2/c1-12-8-16(18-20-5-7-23(12)18)21-15-3-2-13-4-6-22(11-17(19)24)10-14(13)9-15;3-2(4,5)1(6)7/h2-3,5,7,9,12,16,21H,4,6,8,10-11H2,1H3,(H2,19,24);(H,6,7). The third kappa shape index (κ3) is 5.54. The Hall–Kier alpha value is -3.08. The second-order valence-electron chi connectivity index (χ2n) is 7.69. The number of rotatable bonds is 4.